The summed E-state index contributed by atoms with van der Waals surface area (Å²) in [5.41, 5.74) is 1.82. The lowest BCUT2D eigenvalue weighted by Crippen LogP contribution is -2.10. The van der Waals surface area contributed by atoms with Gasteiger partial charge in [-0.15, -0.1) is 0 Å². The number of carbonyl (C=O) groups excluding carboxylic acids is 1. The highest BCUT2D eigenvalue weighted by Gasteiger charge is 2.30. The highest BCUT2D eigenvalue weighted by Crippen LogP contribution is 2.34. The van der Waals surface area contributed by atoms with Gasteiger partial charge in [-0.1, -0.05) is 22.0 Å². The van der Waals surface area contributed by atoms with E-state index in [4.69, 9.17) is 0 Å². The third-order valence-electron chi connectivity index (χ3n) is 3.44. The van der Waals surface area contributed by atoms with E-state index in [1.165, 1.54) is 0 Å². The summed E-state index contributed by atoms with van der Waals surface area (Å²) in [5.74, 6) is 0.101. The van der Waals surface area contributed by atoms with E-state index in [1.807, 2.05) is 18.2 Å². The first-order valence-electron chi connectivity index (χ1n) is 6.24. The molecule has 0 unspecified atom stereocenters. The molecule has 4 rings (SSSR count). The number of rotatable bonds is 1. The Morgan fingerprint density at radius 3 is 2.90 bits per heavy atom. The van der Waals surface area contributed by atoms with E-state index in [0.717, 1.165) is 15.4 Å². The Labute approximate surface area is 127 Å². The van der Waals surface area contributed by atoms with Crippen LogP contribution >= 0.6 is 15.9 Å². The van der Waals surface area contributed by atoms with E-state index in [9.17, 15) is 9.90 Å². The molecule has 5 nitrogen and oxygen atoms in total. The number of nitrogens with one attached hydrogen (secondary N) is 1. The summed E-state index contributed by atoms with van der Waals surface area (Å²) in [4.78, 5) is 23.7. The molecule has 1 aliphatic heterocycles. The molecule has 2 aromatic heterocycles. The number of halogens is 1. The van der Waals surface area contributed by atoms with Gasteiger partial charge in [-0.2, -0.15) is 0 Å². The minimum atomic E-state index is -0.225. The average molecular weight is 342 g/mol. The van der Waals surface area contributed by atoms with Gasteiger partial charge in [0.1, 0.15) is 5.71 Å². The number of aromatic nitrogens is 2. The number of benzene rings is 1. The minimum absolute atomic E-state index is 0.0667. The van der Waals surface area contributed by atoms with Crippen LogP contribution in [0.5, 0.6) is 5.88 Å². The molecular formula is C15H8BrN3O2. The average Bonchev–Trinajstić information content (AvgIpc) is 2.95. The van der Waals surface area contributed by atoms with Crippen LogP contribution in [0.15, 0.2) is 46.0 Å². The van der Waals surface area contributed by atoms with Crippen LogP contribution in [0, 0.1) is 0 Å². The fraction of sp³-hybridized carbons (Fsp3) is 0. The molecule has 102 valence electrons. The molecule has 0 bridgehead atoms. The first-order chi connectivity index (χ1) is 10.1. The lowest BCUT2D eigenvalue weighted by Gasteiger charge is -1.98. The van der Waals surface area contributed by atoms with Crippen molar-refractivity contribution in [3.63, 3.8) is 0 Å². The standard InChI is InChI=1S/C15H8BrN3O2/c16-7-3-4-8-10(6-7)18-15(21)11(8)12-13(20)9-2-1-5-17-14(9)19-12/h1-6,18,21H. The van der Waals surface area contributed by atoms with E-state index >= 15 is 0 Å². The number of hydrogen-bond donors (Lipinski definition) is 2. The smallest absolute Gasteiger partial charge is 0.216 e. The lowest BCUT2D eigenvalue weighted by atomic mass is 10.0. The molecule has 0 atom stereocenters. The molecule has 0 spiro atoms. The van der Waals surface area contributed by atoms with Crippen molar-refractivity contribution in [2.24, 2.45) is 4.99 Å². The van der Waals surface area contributed by atoms with E-state index in [1.54, 1.807) is 18.3 Å². The third kappa shape index (κ3) is 1.72. The molecule has 0 saturated carbocycles. The maximum atomic E-state index is 12.5. The molecule has 1 aromatic carbocycles. The van der Waals surface area contributed by atoms with E-state index in [0.29, 0.717) is 16.9 Å². The summed E-state index contributed by atoms with van der Waals surface area (Å²) in [5, 5.41) is 10.9. The molecule has 3 aromatic rings. The third-order valence-corrected chi connectivity index (χ3v) is 3.93. The summed E-state index contributed by atoms with van der Waals surface area (Å²) in [6.45, 7) is 0. The zero-order valence-electron chi connectivity index (χ0n) is 10.6. The number of aromatic hydroxyl groups is 1. The van der Waals surface area contributed by atoms with Gasteiger partial charge >= 0.3 is 0 Å². The number of H-pyrrole nitrogens is 1. The van der Waals surface area contributed by atoms with Gasteiger partial charge in [0.15, 0.2) is 11.7 Å². The number of fused-ring (bicyclic) bond motifs is 2. The lowest BCUT2D eigenvalue weighted by molar-refractivity contribution is 0.107. The second-order valence-electron chi connectivity index (χ2n) is 4.70. The van der Waals surface area contributed by atoms with Crippen LogP contribution in [0.4, 0.5) is 5.82 Å². The molecule has 2 N–H and O–H groups in total. The molecular weight excluding hydrogens is 334 g/mol. The van der Waals surface area contributed by atoms with Gasteiger partial charge in [-0.3, -0.25) is 4.79 Å². The number of aliphatic imine (C=N–C) groups is 1. The largest absolute Gasteiger partial charge is 0.494 e. The van der Waals surface area contributed by atoms with Gasteiger partial charge in [0.05, 0.1) is 16.6 Å². The summed E-state index contributed by atoms with van der Waals surface area (Å²) in [6.07, 6.45) is 1.59. The maximum Gasteiger partial charge on any atom is 0.216 e. The van der Waals surface area contributed by atoms with Crippen molar-refractivity contribution >= 4 is 44.1 Å². The number of ketones is 1. The van der Waals surface area contributed by atoms with Crippen LogP contribution in [0.1, 0.15) is 15.9 Å². The van der Waals surface area contributed by atoms with E-state index in [-0.39, 0.29) is 17.4 Å². The molecule has 0 saturated heterocycles. The van der Waals surface area contributed by atoms with Crippen molar-refractivity contribution in [3.8, 4) is 5.88 Å². The van der Waals surface area contributed by atoms with Crippen molar-refractivity contribution in [2.75, 3.05) is 0 Å². The van der Waals surface area contributed by atoms with Gasteiger partial charge in [-0.25, -0.2) is 9.98 Å². The van der Waals surface area contributed by atoms with Gasteiger partial charge in [0.2, 0.25) is 5.78 Å². The molecule has 0 radical (unpaired) electrons. The number of pyridine rings is 1. The molecule has 0 amide bonds. The van der Waals surface area contributed by atoms with Crippen molar-refractivity contribution in [3.05, 3.63) is 52.1 Å². The Balaban J connectivity index is 1.97. The summed E-state index contributed by atoms with van der Waals surface area (Å²) < 4.78 is 0.882. The van der Waals surface area contributed by atoms with Crippen molar-refractivity contribution in [1.29, 1.82) is 0 Å². The molecule has 21 heavy (non-hydrogen) atoms. The number of carbonyl (C=O) groups is 1. The maximum absolute atomic E-state index is 12.5. The van der Waals surface area contributed by atoms with Gasteiger partial charge in [0.25, 0.3) is 0 Å². The summed E-state index contributed by atoms with van der Waals surface area (Å²) >= 11 is 3.38. The van der Waals surface area contributed by atoms with E-state index in [2.05, 4.69) is 30.9 Å². The van der Waals surface area contributed by atoms with Gasteiger partial charge in [-0.05, 0) is 24.3 Å². The molecule has 6 heteroatoms. The van der Waals surface area contributed by atoms with Crippen LogP contribution in [-0.4, -0.2) is 26.6 Å². The quantitative estimate of drug-likeness (QED) is 0.712. The zero-order chi connectivity index (χ0) is 14.6. The minimum Gasteiger partial charge on any atom is -0.494 e. The summed E-state index contributed by atoms with van der Waals surface area (Å²) in [7, 11) is 0. The predicted octanol–water partition coefficient (Wildman–Crippen LogP) is 3.35. The normalized spacial score (nSPS) is 13.6. The Kier molecular flexibility index (Phi) is 2.49. The molecule has 0 fully saturated rings. The number of hydrogen-bond acceptors (Lipinski definition) is 4. The van der Waals surface area contributed by atoms with Crippen LogP contribution in [-0.2, 0) is 0 Å². The predicted molar refractivity (Wildman–Crippen MR) is 82.4 cm³/mol. The number of aromatic amines is 1. The van der Waals surface area contributed by atoms with Crippen LogP contribution in [0.2, 0.25) is 0 Å². The topological polar surface area (TPSA) is 78.3 Å². The number of Topliss-reactive ketones (excluding diaryl/α,β-unsaturated/α-hetero) is 1. The van der Waals surface area contributed by atoms with E-state index < -0.39 is 0 Å². The second-order valence-corrected chi connectivity index (χ2v) is 5.62. The molecule has 1 aliphatic rings. The second kappa shape index (κ2) is 4.26. The molecule has 3 heterocycles. The van der Waals surface area contributed by atoms with Crippen LogP contribution < -0.4 is 0 Å². The fourth-order valence-corrected chi connectivity index (χ4v) is 2.87. The fourth-order valence-electron chi connectivity index (χ4n) is 2.51. The Hall–Kier alpha value is -2.47. The Morgan fingerprint density at radius 1 is 1.24 bits per heavy atom. The zero-order valence-corrected chi connectivity index (χ0v) is 12.2. The Bertz CT molecular complexity index is 943. The van der Waals surface area contributed by atoms with Gasteiger partial charge < -0.3 is 10.1 Å². The first-order valence-corrected chi connectivity index (χ1v) is 7.03. The monoisotopic (exact) mass is 341 g/mol. The molecule has 0 aliphatic carbocycles. The highest BCUT2D eigenvalue weighted by molar-refractivity contribution is 9.10. The van der Waals surface area contributed by atoms with Gasteiger partial charge in [0, 0.05) is 16.1 Å². The van der Waals surface area contributed by atoms with Crippen molar-refractivity contribution < 1.29 is 9.90 Å². The van der Waals surface area contributed by atoms with Crippen molar-refractivity contribution in [1.82, 2.24) is 9.97 Å². The number of nitrogens with zero attached hydrogens (tertiary/aromatic N) is 2. The van der Waals surface area contributed by atoms with Crippen LogP contribution in [0.25, 0.3) is 10.9 Å². The summed E-state index contributed by atoms with van der Waals surface area (Å²) in [6, 6.07) is 8.90. The van der Waals surface area contributed by atoms with Crippen molar-refractivity contribution in [2.45, 2.75) is 0 Å². The Morgan fingerprint density at radius 2 is 2.10 bits per heavy atom. The highest BCUT2D eigenvalue weighted by atomic mass is 79.9. The van der Waals surface area contributed by atoms with Crippen LogP contribution in [0.3, 0.4) is 0 Å². The first kappa shape index (κ1) is 12.3. The SMILES string of the molecule is O=C1C(c2c(O)[nH]c3cc(Br)ccc23)=Nc2ncccc21.